The molecule has 2 aromatic heterocycles. The maximum absolute atomic E-state index is 14.1. The molecule has 2 amide bonds. The van der Waals surface area contributed by atoms with E-state index in [1.54, 1.807) is 27.8 Å². The number of carbonyl (C=O) groups is 1. The summed E-state index contributed by atoms with van der Waals surface area (Å²) in [6.07, 6.45) is 0.647. The van der Waals surface area contributed by atoms with Gasteiger partial charge in [-0.15, -0.1) is 10.2 Å². The number of anilines is 1. The van der Waals surface area contributed by atoms with Crippen molar-refractivity contribution in [1.82, 2.24) is 24.9 Å². The summed E-state index contributed by atoms with van der Waals surface area (Å²) < 4.78 is 21.7. The maximum Gasteiger partial charge on any atom is 0.322 e. The second kappa shape index (κ2) is 7.92. The smallest absolute Gasteiger partial charge is 0.322 e. The van der Waals surface area contributed by atoms with Crippen molar-refractivity contribution >= 4 is 11.7 Å². The van der Waals surface area contributed by atoms with Crippen LogP contribution in [0.2, 0.25) is 0 Å². The number of aryl methyl sites for hydroxylation is 2. The van der Waals surface area contributed by atoms with E-state index >= 15 is 0 Å². The highest BCUT2D eigenvalue weighted by atomic mass is 19.1. The molecule has 8 nitrogen and oxygen atoms in total. The summed E-state index contributed by atoms with van der Waals surface area (Å²) in [4.78, 5) is 14.6. The predicted molar refractivity (Wildman–Crippen MR) is 116 cm³/mol. The lowest BCUT2D eigenvalue weighted by Gasteiger charge is -2.28. The fourth-order valence-electron chi connectivity index (χ4n) is 3.91. The van der Waals surface area contributed by atoms with Crippen LogP contribution in [0, 0.1) is 12.7 Å². The standard InChI is InChI=1S/C23H21FN6O2/c1-14-7-3-6-10-18(14)25-23(31)30-12-11-19-16(13-30)20(28-29(19)2)22-27-26-21(32-22)15-8-4-5-9-17(15)24/h3-10H,11-13H2,1-2H3,(H,25,31). The van der Waals surface area contributed by atoms with Gasteiger partial charge in [-0.3, -0.25) is 4.68 Å². The Balaban J connectivity index is 1.42. The van der Waals surface area contributed by atoms with Gasteiger partial charge in [0.1, 0.15) is 5.82 Å². The first kappa shape index (κ1) is 19.9. The minimum atomic E-state index is -0.440. The number of carbonyl (C=O) groups excluding carboxylic acids is 1. The molecule has 3 heterocycles. The van der Waals surface area contributed by atoms with Crippen LogP contribution in [0.1, 0.15) is 16.8 Å². The third kappa shape index (κ3) is 3.51. The minimum Gasteiger partial charge on any atom is -0.414 e. The zero-order chi connectivity index (χ0) is 22.2. The average molecular weight is 432 g/mol. The van der Waals surface area contributed by atoms with Gasteiger partial charge in [0.25, 0.3) is 11.8 Å². The molecular formula is C23H21FN6O2. The van der Waals surface area contributed by atoms with Crippen LogP contribution in [0.4, 0.5) is 14.9 Å². The highest BCUT2D eigenvalue weighted by Gasteiger charge is 2.29. The van der Waals surface area contributed by atoms with E-state index in [1.807, 2.05) is 38.2 Å². The SMILES string of the molecule is Cc1ccccc1NC(=O)N1CCc2c(c(-c3nnc(-c4ccccc4F)o3)nn2C)C1. The number of urea groups is 1. The Morgan fingerprint density at radius 3 is 2.66 bits per heavy atom. The third-order valence-electron chi connectivity index (χ3n) is 5.65. The third-order valence-corrected chi connectivity index (χ3v) is 5.65. The lowest BCUT2D eigenvalue weighted by molar-refractivity contribution is 0.206. The largest absolute Gasteiger partial charge is 0.414 e. The van der Waals surface area contributed by atoms with Gasteiger partial charge in [0.05, 0.1) is 12.1 Å². The van der Waals surface area contributed by atoms with Crippen LogP contribution in [0.15, 0.2) is 52.9 Å². The summed E-state index contributed by atoms with van der Waals surface area (Å²) in [5.41, 5.74) is 4.36. The van der Waals surface area contributed by atoms with Crippen LogP contribution in [-0.2, 0) is 20.0 Å². The number of halogens is 1. The van der Waals surface area contributed by atoms with Gasteiger partial charge in [0.2, 0.25) is 0 Å². The lowest BCUT2D eigenvalue weighted by Crippen LogP contribution is -2.39. The molecule has 1 aliphatic rings. The first-order valence-corrected chi connectivity index (χ1v) is 10.3. The number of para-hydroxylation sites is 1. The van der Waals surface area contributed by atoms with Crippen LogP contribution in [-0.4, -0.2) is 37.5 Å². The summed E-state index contributed by atoms with van der Waals surface area (Å²) in [6, 6.07) is 13.7. The number of rotatable bonds is 3. The van der Waals surface area contributed by atoms with Crippen molar-refractivity contribution < 1.29 is 13.6 Å². The summed E-state index contributed by atoms with van der Waals surface area (Å²) in [6.45, 7) is 2.87. The zero-order valence-electron chi connectivity index (χ0n) is 17.7. The molecule has 0 atom stereocenters. The Kier molecular flexibility index (Phi) is 4.93. The topological polar surface area (TPSA) is 89.1 Å². The van der Waals surface area contributed by atoms with Crippen molar-refractivity contribution in [2.24, 2.45) is 7.05 Å². The molecule has 0 bridgehead atoms. The van der Waals surface area contributed by atoms with Crippen LogP contribution < -0.4 is 5.32 Å². The number of hydrogen-bond acceptors (Lipinski definition) is 5. The van der Waals surface area contributed by atoms with Crippen LogP contribution in [0.5, 0.6) is 0 Å². The lowest BCUT2D eigenvalue weighted by atomic mass is 10.1. The van der Waals surface area contributed by atoms with Crippen molar-refractivity contribution in [3.05, 3.63) is 71.2 Å². The highest BCUT2D eigenvalue weighted by molar-refractivity contribution is 5.90. The van der Waals surface area contributed by atoms with Crippen molar-refractivity contribution in [2.75, 3.05) is 11.9 Å². The first-order valence-electron chi connectivity index (χ1n) is 10.3. The van der Waals surface area contributed by atoms with Gasteiger partial charge in [-0.05, 0) is 30.7 Å². The van der Waals surface area contributed by atoms with Crippen molar-refractivity contribution in [3.63, 3.8) is 0 Å². The highest BCUT2D eigenvalue weighted by Crippen LogP contribution is 2.31. The number of hydrogen-bond donors (Lipinski definition) is 1. The van der Waals surface area contributed by atoms with Crippen molar-refractivity contribution in [1.29, 1.82) is 0 Å². The summed E-state index contributed by atoms with van der Waals surface area (Å²) in [5.74, 6) is -0.159. The van der Waals surface area contributed by atoms with E-state index in [9.17, 15) is 9.18 Å². The Labute approximate surface area is 183 Å². The van der Waals surface area contributed by atoms with E-state index in [0.717, 1.165) is 22.5 Å². The van der Waals surface area contributed by atoms with Crippen LogP contribution in [0.25, 0.3) is 23.0 Å². The molecule has 32 heavy (non-hydrogen) atoms. The summed E-state index contributed by atoms with van der Waals surface area (Å²) in [7, 11) is 1.85. The van der Waals surface area contributed by atoms with E-state index < -0.39 is 5.82 Å². The molecule has 0 fully saturated rings. The fourth-order valence-corrected chi connectivity index (χ4v) is 3.91. The fraction of sp³-hybridized carbons (Fsp3) is 0.217. The Morgan fingerprint density at radius 2 is 1.84 bits per heavy atom. The molecule has 4 aromatic rings. The van der Waals surface area contributed by atoms with Crippen LogP contribution in [0.3, 0.4) is 0 Å². The van der Waals surface area contributed by atoms with Gasteiger partial charge in [0, 0.05) is 37.0 Å². The predicted octanol–water partition coefficient (Wildman–Crippen LogP) is 4.17. The monoisotopic (exact) mass is 432 g/mol. The first-order chi connectivity index (χ1) is 15.5. The summed E-state index contributed by atoms with van der Waals surface area (Å²) >= 11 is 0. The van der Waals surface area contributed by atoms with Crippen molar-refractivity contribution in [3.8, 4) is 23.0 Å². The van der Waals surface area contributed by atoms with E-state index in [0.29, 0.717) is 25.2 Å². The number of nitrogens with zero attached hydrogens (tertiary/aromatic N) is 5. The summed E-state index contributed by atoms with van der Waals surface area (Å²) in [5, 5.41) is 15.6. The molecule has 162 valence electrons. The molecule has 0 saturated carbocycles. The molecular weight excluding hydrogens is 411 g/mol. The van der Waals surface area contributed by atoms with E-state index in [2.05, 4.69) is 20.6 Å². The van der Waals surface area contributed by atoms with Crippen LogP contribution >= 0.6 is 0 Å². The molecule has 0 aliphatic carbocycles. The number of benzene rings is 2. The zero-order valence-corrected chi connectivity index (χ0v) is 17.7. The molecule has 0 spiro atoms. The van der Waals surface area contributed by atoms with E-state index in [-0.39, 0.29) is 23.4 Å². The number of fused-ring (bicyclic) bond motifs is 1. The van der Waals surface area contributed by atoms with Gasteiger partial charge in [-0.2, -0.15) is 5.10 Å². The molecule has 2 aromatic carbocycles. The van der Waals surface area contributed by atoms with E-state index in [1.165, 1.54) is 6.07 Å². The van der Waals surface area contributed by atoms with Gasteiger partial charge in [-0.1, -0.05) is 30.3 Å². The Hall–Kier alpha value is -4.01. The number of nitrogens with one attached hydrogen (secondary N) is 1. The van der Waals surface area contributed by atoms with Gasteiger partial charge < -0.3 is 14.6 Å². The molecule has 1 aliphatic heterocycles. The maximum atomic E-state index is 14.1. The molecule has 5 rings (SSSR count). The molecule has 0 unspecified atom stereocenters. The van der Waals surface area contributed by atoms with Crippen molar-refractivity contribution in [2.45, 2.75) is 19.9 Å². The van der Waals surface area contributed by atoms with E-state index in [4.69, 9.17) is 4.42 Å². The second-order valence-electron chi connectivity index (χ2n) is 7.71. The number of amides is 2. The second-order valence-corrected chi connectivity index (χ2v) is 7.71. The van der Waals surface area contributed by atoms with Gasteiger partial charge >= 0.3 is 6.03 Å². The number of aromatic nitrogens is 4. The molecule has 9 heteroatoms. The molecule has 1 N–H and O–H groups in total. The molecule has 0 radical (unpaired) electrons. The van der Waals surface area contributed by atoms with Gasteiger partial charge in [0.15, 0.2) is 5.69 Å². The quantitative estimate of drug-likeness (QED) is 0.525. The average Bonchev–Trinajstić information content (AvgIpc) is 3.40. The Bertz CT molecular complexity index is 1310. The van der Waals surface area contributed by atoms with Gasteiger partial charge in [-0.25, -0.2) is 9.18 Å². The minimum absolute atomic E-state index is 0.0856. The Morgan fingerprint density at radius 1 is 1.09 bits per heavy atom. The normalized spacial score (nSPS) is 13.2. The molecule has 0 saturated heterocycles.